The SMILES string of the molecule is CCN(CC(=O)Nc1ccc(C(C)C)cc1)S(=O)(=O)c1ccc2ccccc2c1. The van der Waals surface area contributed by atoms with E-state index in [1.54, 1.807) is 25.1 Å². The van der Waals surface area contributed by atoms with E-state index in [-0.39, 0.29) is 23.9 Å². The summed E-state index contributed by atoms with van der Waals surface area (Å²) in [5.41, 5.74) is 1.83. The number of fused-ring (bicyclic) bond motifs is 1. The normalized spacial score (nSPS) is 11.9. The zero-order chi connectivity index (χ0) is 21.0. The van der Waals surface area contributed by atoms with Gasteiger partial charge in [-0.1, -0.05) is 63.2 Å². The third kappa shape index (κ3) is 4.83. The highest BCUT2D eigenvalue weighted by molar-refractivity contribution is 7.89. The van der Waals surface area contributed by atoms with E-state index in [1.165, 1.54) is 9.87 Å². The van der Waals surface area contributed by atoms with E-state index in [0.717, 1.165) is 10.8 Å². The minimum Gasteiger partial charge on any atom is -0.325 e. The van der Waals surface area contributed by atoms with Crippen molar-refractivity contribution in [3.05, 3.63) is 72.3 Å². The van der Waals surface area contributed by atoms with Gasteiger partial charge in [-0.15, -0.1) is 0 Å². The molecule has 1 amide bonds. The molecule has 0 aliphatic carbocycles. The number of rotatable bonds is 7. The molecule has 3 aromatic carbocycles. The molecule has 0 bridgehead atoms. The number of hydrogen-bond acceptors (Lipinski definition) is 3. The minimum absolute atomic E-state index is 0.187. The van der Waals surface area contributed by atoms with E-state index in [9.17, 15) is 13.2 Å². The van der Waals surface area contributed by atoms with E-state index in [4.69, 9.17) is 0 Å². The van der Waals surface area contributed by atoms with Crippen LogP contribution < -0.4 is 5.32 Å². The maximum Gasteiger partial charge on any atom is 0.243 e. The predicted molar refractivity (Wildman–Crippen MR) is 118 cm³/mol. The largest absolute Gasteiger partial charge is 0.325 e. The van der Waals surface area contributed by atoms with Gasteiger partial charge in [-0.25, -0.2) is 8.42 Å². The molecule has 0 aromatic heterocycles. The number of benzene rings is 3. The van der Waals surface area contributed by atoms with Crippen LogP contribution in [-0.2, 0) is 14.8 Å². The van der Waals surface area contributed by atoms with E-state index in [0.29, 0.717) is 11.6 Å². The fourth-order valence-electron chi connectivity index (χ4n) is 3.16. The molecule has 1 N–H and O–H groups in total. The standard InChI is InChI=1S/C23H26N2O3S/c1-4-25(16-23(26)24-21-12-9-18(10-13-21)17(2)3)29(27,28)22-14-11-19-7-5-6-8-20(19)15-22/h5-15,17H,4,16H2,1-3H3,(H,24,26). The number of sulfonamides is 1. The molecule has 0 unspecified atom stereocenters. The lowest BCUT2D eigenvalue weighted by Gasteiger charge is -2.20. The summed E-state index contributed by atoms with van der Waals surface area (Å²) in [6, 6.07) is 20.2. The zero-order valence-corrected chi connectivity index (χ0v) is 17.7. The van der Waals surface area contributed by atoms with Crippen LogP contribution in [-0.4, -0.2) is 31.7 Å². The van der Waals surface area contributed by atoms with Crippen molar-refractivity contribution < 1.29 is 13.2 Å². The van der Waals surface area contributed by atoms with E-state index in [2.05, 4.69) is 19.2 Å². The molecule has 0 aliphatic rings. The third-order valence-electron chi connectivity index (χ3n) is 4.89. The van der Waals surface area contributed by atoms with E-state index < -0.39 is 10.0 Å². The first-order valence-electron chi connectivity index (χ1n) is 9.70. The van der Waals surface area contributed by atoms with Crippen molar-refractivity contribution in [3.63, 3.8) is 0 Å². The topological polar surface area (TPSA) is 66.5 Å². The van der Waals surface area contributed by atoms with Crippen LogP contribution in [0.3, 0.4) is 0 Å². The lowest BCUT2D eigenvalue weighted by molar-refractivity contribution is -0.116. The molecule has 0 spiro atoms. The molecule has 0 saturated carbocycles. The van der Waals surface area contributed by atoms with Gasteiger partial charge in [0.2, 0.25) is 15.9 Å². The van der Waals surface area contributed by atoms with Gasteiger partial charge >= 0.3 is 0 Å². The second-order valence-electron chi connectivity index (χ2n) is 7.27. The Balaban J connectivity index is 1.75. The number of hydrogen-bond donors (Lipinski definition) is 1. The van der Waals surface area contributed by atoms with Gasteiger partial charge in [-0.05, 0) is 46.5 Å². The number of nitrogens with one attached hydrogen (secondary N) is 1. The van der Waals surface area contributed by atoms with Gasteiger partial charge in [0.25, 0.3) is 0 Å². The molecule has 3 rings (SSSR count). The Labute approximate surface area is 172 Å². The Bertz CT molecular complexity index is 1110. The zero-order valence-electron chi connectivity index (χ0n) is 16.9. The van der Waals surface area contributed by atoms with Crippen molar-refractivity contribution in [2.45, 2.75) is 31.6 Å². The highest BCUT2D eigenvalue weighted by Gasteiger charge is 2.25. The number of anilines is 1. The summed E-state index contributed by atoms with van der Waals surface area (Å²) in [7, 11) is -3.78. The molecule has 152 valence electrons. The van der Waals surface area contributed by atoms with Crippen molar-refractivity contribution >= 4 is 32.4 Å². The van der Waals surface area contributed by atoms with E-state index in [1.807, 2.05) is 48.5 Å². The molecule has 0 atom stereocenters. The van der Waals surface area contributed by atoms with Crippen molar-refractivity contribution in [1.29, 1.82) is 0 Å². The van der Waals surface area contributed by atoms with Crippen LogP contribution in [0.2, 0.25) is 0 Å². The summed E-state index contributed by atoms with van der Waals surface area (Å²) >= 11 is 0. The van der Waals surface area contributed by atoms with Gasteiger partial charge < -0.3 is 5.32 Å². The summed E-state index contributed by atoms with van der Waals surface area (Å²) in [6.45, 7) is 5.89. The summed E-state index contributed by atoms with van der Waals surface area (Å²) in [6.07, 6.45) is 0. The Hall–Kier alpha value is -2.70. The third-order valence-corrected chi connectivity index (χ3v) is 6.81. The van der Waals surface area contributed by atoms with Crippen LogP contribution in [0.15, 0.2) is 71.6 Å². The molecule has 29 heavy (non-hydrogen) atoms. The maximum atomic E-state index is 13.1. The summed E-state index contributed by atoms with van der Waals surface area (Å²) in [5, 5.41) is 4.60. The van der Waals surface area contributed by atoms with Crippen molar-refractivity contribution in [2.24, 2.45) is 0 Å². The van der Waals surface area contributed by atoms with Crippen LogP contribution >= 0.6 is 0 Å². The van der Waals surface area contributed by atoms with E-state index >= 15 is 0 Å². The summed E-state index contributed by atoms with van der Waals surface area (Å²) < 4.78 is 27.3. The quantitative estimate of drug-likeness (QED) is 0.618. The molecule has 6 heteroatoms. The minimum atomic E-state index is -3.78. The summed E-state index contributed by atoms with van der Waals surface area (Å²) in [4.78, 5) is 12.7. The van der Waals surface area contributed by atoms with Gasteiger partial charge in [0.1, 0.15) is 0 Å². The number of carbonyl (C=O) groups is 1. The molecular formula is C23H26N2O3S. The van der Waals surface area contributed by atoms with Crippen LogP contribution in [0.1, 0.15) is 32.3 Å². The second kappa shape index (κ2) is 8.76. The first-order valence-corrected chi connectivity index (χ1v) is 11.1. The lowest BCUT2D eigenvalue weighted by atomic mass is 10.0. The first-order chi connectivity index (χ1) is 13.8. The number of carbonyl (C=O) groups excluding carboxylic acids is 1. The van der Waals surface area contributed by atoms with Gasteiger partial charge in [-0.3, -0.25) is 4.79 Å². The molecule has 0 radical (unpaired) electrons. The Morgan fingerprint density at radius 3 is 2.24 bits per heavy atom. The maximum absolute atomic E-state index is 13.1. The molecular weight excluding hydrogens is 384 g/mol. The predicted octanol–water partition coefficient (Wildman–Crippen LogP) is 4.61. The second-order valence-corrected chi connectivity index (χ2v) is 9.20. The van der Waals surface area contributed by atoms with Gasteiger partial charge in [0.05, 0.1) is 11.4 Å². The molecule has 0 aliphatic heterocycles. The Kier molecular flexibility index (Phi) is 6.35. The van der Waals surface area contributed by atoms with Crippen LogP contribution in [0.5, 0.6) is 0 Å². The van der Waals surface area contributed by atoms with Crippen molar-refractivity contribution in [3.8, 4) is 0 Å². The van der Waals surface area contributed by atoms with Crippen LogP contribution in [0.4, 0.5) is 5.69 Å². The van der Waals surface area contributed by atoms with Crippen LogP contribution in [0, 0.1) is 0 Å². The van der Waals surface area contributed by atoms with Crippen molar-refractivity contribution in [2.75, 3.05) is 18.4 Å². The molecule has 0 fully saturated rings. The lowest BCUT2D eigenvalue weighted by Crippen LogP contribution is -2.37. The van der Waals surface area contributed by atoms with Crippen LogP contribution in [0.25, 0.3) is 10.8 Å². The monoisotopic (exact) mass is 410 g/mol. The van der Waals surface area contributed by atoms with Gasteiger partial charge in [0, 0.05) is 12.2 Å². The molecule has 3 aromatic rings. The smallest absolute Gasteiger partial charge is 0.243 e. The fourth-order valence-corrected chi connectivity index (χ4v) is 4.60. The first kappa shape index (κ1) is 21.0. The van der Waals surface area contributed by atoms with Gasteiger partial charge in [0.15, 0.2) is 0 Å². The number of amides is 1. The molecule has 0 saturated heterocycles. The summed E-state index contributed by atoms with van der Waals surface area (Å²) in [5.74, 6) is 0.0379. The average molecular weight is 411 g/mol. The molecule has 0 heterocycles. The highest BCUT2D eigenvalue weighted by atomic mass is 32.2. The Morgan fingerprint density at radius 2 is 1.62 bits per heavy atom. The van der Waals surface area contributed by atoms with Gasteiger partial charge in [-0.2, -0.15) is 4.31 Å². The Morgan fingerprint density at radius 1 is 0.966 bits per heavy atom. The highest BCUT2D eigenvalue weighted by Crippen LogP contribution is 2.22. The van der Waals surface area contributed by atoms with Crippen molar-refractivity contribution in [1.82, 2.24) is 4.31 Å². The average Bonchev–Trinajstić information content (AvgIpc) is 2.71. The molecule has 5 nitrogen and oxygen atoms in total. The number of likely N-dealkylation sites (N-methyl/N-ethyl adjacent to an activating group) is 1. The fraction of sp³-hybridized carbons (Fsp3) is 0.261. The number of nitrogens with zero attached hydrogens (tertiary/aromatic N) is 1.